The van der Waals surface area contributed by atoms with Crippen LogP contribution in [0, 0.1) is 32.1 Å². The Hall–Kier alpha value is -2.81. The number of aryl methyl sites for hydroxylation is 2. The van der Waals surface area contributed by atoms with Crippen LogP contribution in [-0.4, -0.2) is 25.8 Å². The summed E-state index contributed by atoms with van der Waals surface area (Å²) in [6, 6.07) is 3.78. The molecule has 0 aromatic heterocycles. The van der Waals surface area contributed by atoms with Crippen molar-refractivity contribution in [2.45, 2.75) is 34.3 Å². The van der Waals surface area contributed by atoms with Gasteiger partial charge in [-0.3, -0.25) is 0 Å². The van der Waals surface area contributed by atoms with E-state index in [0.29, 0.717) is 0 Å². The molecular formula is C18H21NO5. The molecule has 0 saturated carbocycles. The maximum Gasteiger partial charge on any atom is 0.508 e. The van der Waals surface area contributed by atoms with Gasteiger partial charge in [0, 0.05) is 0 Å². The predicted octanol–water partition coefficient (Wildman–Crippen LogP) is 3.36. The Morgan fingerprint density at radius 2 is 1.88 bits per heavy atom. The highest BCUT2D eigenvalue weighted by Gasteiger charge is 2.15. The average Bonchev–Trinajstić information content (AvgIpc) is 2.54. The average molecular weight is 331 g/mol. The lowest BCUT2D eigenvalue weighted by Gasteiger charge is -2.15. The lowest BCUT2D eigenvalue weighted by molar-refractivity contribution is -0.137. The van der Waals surface area contributed by atoms with Gasteiger partial charge in [0.05, 0.1) is 13.7 Å². The third-order valence-electron chi connectivity index (χ3n) is 3.60. The molecule has 0 aliphatic carbocycles. The number of nitriles is 1. The van der Waals surface area contributed by atoms with Gasteiger partial charge in [0.2, 0.25) is 0 Å². The number of nitrogens with zero attached hydrogens (tertiary/aromatic N) is 1. The van der Waals surface area contributed by atoms with Crippen LogP contribution < -0.4 is 0 Å². The van der Waals surface area contributed by atoms with E-state index in [-0.39, 0.29) is 18.8 Å². The number of methoxy groups -OCH3 is 1. The molecule has 6 heteroatoms. The number of esters is 1. The van der Waals surface area contributed by atoms with Crippen molar-refractivity contribution in [3.05, 3.63) is 39.5 Å². The Morgan fingerprint density at radius 3 is 2.42 bits per heavy atom. The van der Waals surface area contributed by atoms with Crippen LogP contribution >= 0.6 is 0 Å². The molecule has 0 atom stereocenters. The molecule has 1 aromatic rings. The smallest absolute Gasteiger partial charge is 0.462 e. The highest BCUT2D eigenvalue weighted by atomic mass is 16.7. The first-order chi connectivity index (χ1) is 11.3. The highest BCUT2D eigenvalue weighted by Crippen LogP contribution is 2.25. The van der Waals surface area contributed by atoms with Gasteiger partial charge in [0.15, 0.2) is 0 Å². The summed E-state index contributed by atoms with van der Waals surface area (Å²) < 4.78 is 14.4. The maximum atomic E-state index is 11.8. The number of carbonyl (C=O) groups excluding carboxylic acids is 2. The molecule has 0 bridgehead atoms. The standard InChI is InChI=1S/C18H21NO5/c1-6-23-17(20)14(9-19)8-15-11(2)7-12(3)16(13(15)4)10-24-18(21)22-5/h7-8H,6,10H2,1-5H3. The minimum atomic E-state index is -0.768. The van der Waals surface area contributed by atoms with Crippen LogP contribution in [0.15, 0.2) is 11.6 Å². The van der Waals surface area contributed by atoms with Crippen LogP contribution in [0.1, 0.15) is 34.7 Å². The summed E-state index contributed by atoms with van der Waals surface area (Å²) in [6.45, 7) is 7.56. The van der Waals surface area contributed by atoms with Crippen molar-refractivity contribution in [2.75, 3.05) is 13.7 Å². The van der Waals surface area contributed by atoms with E-state index in [1.54, 1.807) is 6.92 Å². The van der Waals surface area contributed by atoms with Crippen molar-refractivity contribution in [2.24, 2.45) is 0 Å². The van der Waals surface area contributed by atoms with Crippen LogP contribution in [0.4, 0.5) is 4.79 Å². The van der Waals surface area contributed by atoms with Crippen molar-refractivity contribution in [1.29, 1.82) is 5.26 Å². The summed E-state index contributed by atoms with van der Waals surface area (Å²) in [5, 5.41) is 9.19. The summed E-state index contributed by atoms with van der Waals surface area (Å²) in [5.41, 5.74) is 4.14. The summed E-state index contributed by atoms with van der Waals surface area (Å²) in [4.78, 5) is 23.0. The van der Waals surface area contributed by atoms with E-state index in [2.05, 4.69) is 4.74 Å². The van der Waals surface area contributed by atoms with E-state index in [0.717, 1.165) is 27.8 Å². The molecule has 0 radical (unpaired) electrons. The maximum absolute atomic E-state index is 11.8. The number of benzene rings is 1. The topological polar surface area (TPSA) is 85.6 Å². The molecule has 128 valence electrons. The molecule has 0 spiro atoms. The normalized spacial score (nSPS) is 10.8. The molecule has 1 rings (SSSR count). The second-order valence-electron chi connectivity index (χ2n) is 5.16. The minimum Gasteiger partial charge on any atom is -0.462 e. The molecule has 6 nitrogen and oxygen atoms in total. The number of ether oxygens (including phenoxy) is 3. The quantitative estimate of drug-likeness (QED) is 0.467. The Balaban J connectivity index is 3.31. The second-order valence-corrected chi connectivity index (χ2v) is 5.16. The fourth-order valence-electron chi connectivity index (χ4n) is 2.37. The monoisotopic (exact) mass is 331 g/mol. The second kappa shape index (κ2) is 8.73. The Morgan fingerprint density at radius 1 is 1.21 bits per heavy atom. The molecule has 1 aromatic carbocycles. The summed E-state index contributed by atoms with van der Waals surface area (Å²) in [6.07, 6.45) is 0.736. The van der Waals surface area contributed by atoms with Gasteiger partial charge in [0.1, 0.15) is 18.2 Å². The molecule has 0 fully saturated rings. The third-order valence-corrected chi connectivity index (χ3v) is 3.60. The van der Waals surface area contributed by atoms with Gasteiger partial charge < -0.3 is 14.2 Å². The van der Waals surface area contributed by atoms with Crippen molar-refractivity contribution >= 4 is 18.2 Å². The molecule has 0 N–H and O–H groups in total. The third kappa shape index (κ3) is 4.59. The van der Waals surface area contributed by atoms with Gasteiger partial charge >= 0.3 is 12.1 Å². The van der Waals surface area contributed by atoms with Crippen molar-refractivity contribution in [3.8, 4) is 6.07 Å². The lowest BCUT2D eigenvalue weighted by atomic mass is 9.92. The zero-order valence-electron chi connectivity index (χ0n) is 14.6. The zero-order chi connectivity index (χ0) is 18.3. The fraction of sp³-hybridized carbons (Fsp3) is 0.389. The molecule has 0 unspecified atom stereocenters. The number of hydrogen-bond donors (Lipinski definition) is 0. The first kappa shape index (κ1) is 19.2. The van der Waals surface area contributed by atoms with Gasteiger partial charge in [-0.1, -0.05) is 6.07 Å². The zero-order valence-corrected chi connectivity index (χ0v) is 14.6. The van der Waals surface area contributed by atoms with Crippen LogP contribution in [0.3, 0.4) is 0 Å². The summed E-state index contributed by atoms with van der Waals surface area (Å²) >= 11 is 0. The van der Waals surface area contributed by atoms with Crippen LogP contribution in [-0.2, 0) is 25.6 Å². The van der Waals surface area contributed by atoms with Gasteiger partial charge in [-0.2, -0.15) is 5.26 Å². The van der Waals surface area contributed by atoms with E-state index >= 15 is 0 Å². The molecule has 0 heterocycles. The van der Waals surface area contributed by atoms with E-state index < -0.39 is 12.1 Å². The first-order valence-corrected chi connectivity index (χ1v) is 7.45. The van der Waals surface area contributed by atoms with E-state index in [1.165, 1.54) is 13.2 Å². The van der Waals surface area contributed by atoms with Gasteiger partial charge in [-0.25, -0.2) is 9.59 Å². The van der Waals surface area contributed by atoms with Gasteiger partial charge in [0.25, 0.3) is 0 Å². The summed E-state index contributed by atoms with van der Waals surface area (Å²) in [7, 11) is 1.24. The number of hydrogen-bond acceptors (Lipinski definition) is 6. The number of carbonyl (C=O) groups is 2. The van der Waals surface area contributed by atoms with E-state index in [4.69, 9.17) is 9.47 Å². The SMILES string of the molecule is CCOC(=O)C(C#N)=Cc1c(C)cc(C)c(COC(=O)OC)c1C. The van der Waals surface area contributed by atoms with Crippen molar-refractivity contribution < 1.29 is 23.8 Å². The Bertz CT molecular complexity index is 713. The highest BCUT2D eigenvalue weighted by molar-refractivity contribution is 5.98. The van der Waals surface area contributed by atoms with Gasteiger partial charge in [-0.15, -0.1) is 0 Å². The van der Waals surface area contributed by atoms with E-state index in [9.17, 15) is 14.9 Å². The van der Waals surface area contributed by atoms with Crippen LogP contribution in [0.25, 0.3) is 6.08 Å². The Labute approximate surface area is 141 Å². The molecule has 0 aliphatic heterocycles. The molecule has 0 saturated heterocycles. The fourth-order valence-corrected chi connectivity index (χ4v) is 2.37. The number of rotatable bonds is 5. The lowest BCUT2D eigenvalue weighted by Crippen LogP contribution is -2.09. The minimum absolute atomic E-state index is 0.0484. The van der Waals surface area contributed by atoms with Crippen LogP contribution in [0.5, 0.6) is 0 Å². The largest absolute Gasteiger partial charge is 0.508 e. The van der Waals surface area contributed by atoms with Gasteiger partial charge in [-0.05, 0) is 61.6 Å². The van der Waals surface area contributed by atoms with E-state index in [1.807, 2.05) is 32.9 Å². The van der Waals surface area contributed by atoms with Crippen molar-refractivity contribution in [1.82, 2.24) is 0 Å². The molecule has 0 amide bonds. The first-order valence-electron chi connectivity index (χ1n) is 7.45. The Kier molecular flexibility index (Phi) is 6.99. The molecule has 0 aliphatic rings. The predicted molar refractivity (Wildman–Crippen MR) is 88.1 cm³/mol. The summed E-state index contributed by atoms with van der Waals surface area (Å²) in [5.74, 6) is -0.660. The molecule has 24 heavy (non-hydrogen) atoms. The van der Waals surface area contributed by atoms with Crippen LogP contribution in [0.2, 0.25) is 0 Å². The van der Waals surface area contributed by atoms with Crippen molar-refractivity contribution in [3.63, 3.8) is 0 Å². The molecular weight excluding hydrogens is 310 g/mol.